The third-order valence-electron chi connectivity index (χ3n) is 5.33. The fourth-order valence-electron chi connectivity index (χ4n) is 3.66. The lowest BCUT2D eigenvalue weighted by Gasteiger charge is -2.30. The Labute approximate surface area is 179 Å². The van der Waals surface area contributed by atoms with E-state index in [1.54, 1.807) is 0 Å². The number of hydrogen-bond acceptors (Lipinski definition) is 5. The molecule has 0 radical (unpaired) electrons. The van der Waals surface area contributed by atoms with Crippen LogP contribution in [-0.4, -0.2) is 60.6 Å². The fourth-order valence-corrected chi connectivity index (χ4v) is 3.66. The zero-order valence-corrected chi connectivity index (χ0v) is 18.6. The molecule has 8 heteroatoms. The highest BCUT2D eigenvalue weighted by Gasteiger charge is 2.33. The molecule has 3 N–H and O–H groups in total. The first kappa shape index (κ1) is 25.4. The Morgan fingerprint density at radius 1 is 1.23 bits per heavy atom. The van der Waals surface area contributed by atoms with Gasteiger partial charge in [0.15, 0.2) is 0 Å². The molecule has 168 valence electrons. The van der Waals surface area contributed by atoms with Crippen LogP contribution in [0.2, 0.25) is 0 Å². The van der Waals surface area contributed by atoms with Gasteiger partial charge in [0.2, 0.25) is 11.8 Å². The maximum absolute atomic E-state index is 12.6. The molecule has 1 aromatic carbocycles. The number of nitrogens with one attached hydrogen (secondary N) is 2. The lowest BCUT2D eigenvalue weighted by atomic mass is 9.93. The summed E-state index contributed by atoms with van der Waals surface area (Å²) in [7, 11) is 2.04. The monoisotopic (exact) mass is 421 g/mol. The highest BCUT2D eigenvalue weighted by atomic mass is 16.5. The van der Waals surface area contributed by atoms with E-state index in [1.165, 1.54) is 6.92 Å². The minimum atomic E-state index is -0.450. The van der Waals surface area contributed by atoms with Crippen molar-refractivity contribution >= 4 is 18.3 Å². The number of carbonyl (C=O) groups is 3. The topological polar surface area (TPSA) is 108 Å². The van der Waals surface area contributed by atoms with Gasteiger partial charge in [-0.3, -0.25) is 19.3 Å². The van der Waals surface area contributed by atoms with Crippen LogP contribution >= 0.6 is 0 Å². The first-order chi connectivity index (χ1) is 14.1. The highest BCUT2D eigenvalue weighted by Crippen LogP contribution is 2.26. The molecular weight excluding hydrogens is 386 g/mol. The van der Waals surface area contributed by atoms with Gasteiger partial charge in [0, 0.05) is 32.0 Å². The lowest BCUT2D eigenvalue weighted by Crippen LogP contribution is -2.45. The molecule has 0 saturated carbocycles. The summed E-state index contributed by atoms with van der Waals surface area (Å²) in [6, 6.07) is 8.37. The van der Waals surface area contributed by atoms with E-state index in [2.05, 4.69) is 15.5 Å². The van der Waals surface area contributed by atoms with Crippen LogP contribution < -0.4 is 15.4 Å². The van der Waals surface area contributed by atoms with Crippen molar-refractivity contribution in [3.8, 4) is 5.75 Å². The number of rotatable bonds is 8. The van der Waals surface area contributed by atoms with E-state index in [1.807, 2.05) is 52.1 Å². The molecule has 1 aliphatic heterocycles. The highest BCUT2D eigenvalue weighted by molar-refractivity contribution is 5.77. The number of likely N-dealkylation sites (tertiary alicyclic amines) is 1. The zero-order chi connectivity index (χ0) is 22.7. The van der Waals surface area contributed by atoms with Crippen molar-refractivity contribution in [2.45, 2.75) is 64.6 Å². The zero-order valence-electron chi connectivity index (χ0n) is 18.6. The van der Waals surface area contributed by atoms with Crippen molar-refractivity contribution in [1.29, 1.82) is 0 Å². The molecule has 0 unspecified atom stereocenters. The summed E-state index contributed by atoms with van der Waals surface area (Å²) in [6.07, 6.45) is 2.43. The Bertz CT molecular complexity index is 691. The molecule has 30 heavy (non-hydrogen) atoms. The van der Waals surface area contributed by atoms with E-state index in [4.69, 9.17) is 14.6 Å². The van der Waals surface area contributed by atoms with Gasteiger partial charge in [0.05, 0.1) is 12.1 Å². The quantitative estimate of drug-likeness (QED) is 0.555. The van der Waals surface area contributed by atoms with Crippen LogP contribution in [0.4, 0.5) is 0 Å². The molecule has 1 aromatic rings. The van der Waals surface area contributed by atoms with E-state index < -0.39 is 5.54 Å². The average molecular weight is 422 g/mol. The SMILES string of the molecule is CCOc1ccc(C(C)(C)NC(=O)C[C@@H]2CC[C@H](CNC(C)=O)N2C)cc1.O=CO. The summed E-state index contributed by atoms with van der Waals surface area (Å²) in [5, 5.41) is 12.9. The van der Waals surface area contributed by atoms with Crippen molar-refractivity contribution in [2.24, 2.45) is 0 Å². The number of likely N-dealkylation sites (N-methyl/N-ethyl adjacent to an activating group) is 1. The number of amides is 2. The van der Waals surface area contributed by atoms with Gasteiger partial charge in [-0.2, -0.15) is 0 Å². The van der Waals surface area contributed by atoms with Gasteiger partial charge in [0.1, 0.15) is 5.75 Å². The maximum Gasteiger partial charge on any atom is 0.290 e. The van der Waals surface area contributed by atoms with Crippen LogP contribution in [0.25, 0.3) is 0 Å². The van der Waals surface area contributed by atoms with Gasteiger partial charge in [-0.25, -0.2) is 0 Å². The van der Waals surface area contributed by atoms with Crippen molar-refractivity contribution in [1.82, 2.24) is 15.5 Å². The maximum atomic E-state index is 12.6. The predicted octanol–water partition coefficient (Wildman–Crippen LogP) is 2.13. The normalized spacial score (nSPS) is 18.7. The van der Waals surface area contributed by atoms with Gasteiger partial charge >= 0.3 is 0 Å². The van der Waals surface area contributed by atoms with E-state index in [0.29, 0.717) is 25.6 Å². The summed E-state index contributed by atoms with van der Waals surface area (Å²) < 4.78 is 5.48. The Morgan fingerprint density at radius 2 is 1.80 bits per heavy atom. The van der Waals surface area contributed by atoms with Crippen LogP contribution in [0, 0.1) is 0 Å². The van der Waals surface area contributed by atoms with E-state index in [-0.39, 0.29) is 24.3 Å². The van der Waals surface area contributed by atoms with Crippen molar-refractivity contribution in [3.05, 3.63) is 29.8 Å². The largest absolute Gasteiger partial charge is 0.494 e. The predicted molar refractivity (Wildman–Crippen MR) is 115 cm³/mol. The van der Waals surface area contributed by atoms with E-state index in [0.717, 1.165) is 24.2 Å². The van der Waals surface area contributed by atoms with Gasteiger partial charge in [0.25, 0.3) is 6.47 Å². The molecule has 0 aromatic heterocycles. The first-order valence-electron chi connectivity index (χ1n) is 10.2. The van der Waals surface area contributed by atoms with Crippen molar-refractivity contribution in [3.63, 3.8) is 0 Å². The molecule has 0 spiro atoms. The molecule has 0 bridgehead atoms. The summed E-state index contributed by atoms with van der Waals surface area (Å²) >= 11 is 0. The Morgan fingerprint density at radius 3 is 2.33 bits per heavy atom. The number of nitrogens with zero attached hydrogens (tertiary/aromatic N) is 1. The number of carboxylic acid groups (broad SMARTS) is 1. The van der Waals surface area contributed by atoms with Crippen molar-refractivity contribution in [2.75, 3.05) is 20.2 Å². The van der Waals surface area contributed by atoms with Crippen LogP contribution in [-0.2, 0) is 19.9 Å². The van der Waals surface area contributed by atoms with Crippen LogP contribution in [0.3, 0.4) is 0 Å². The summed E-state index contributed by atoms with van der Waals surface area (Å²) in [5.41, 5.74) is 0.594. The number of carbonyl (C=O) groups excluding carboxylic acids is 2. The van der Waals surface area contributed by atoms with Crippen LogP contribution in [0.5, 0.6) is 5.75 Å². The summed E-state index contributed by atoms with van der Waals surface area (Å²) in [6.45, 7) is 8.54. The number of hydrogen-bond donors (Lipinski definition) is 3. The molecule has 1 heterocycles. The van der Waals surface area contributed by atoms with Gasteiger partial charge < -0.3 is 20.5 Å². The van der Waals surface area contributed by atoms with Crippen LogP contribution in [0.1, 0.15) is 52.5 Å². The third kappa shape index (κ3) is 8.02. The van der Waals surface area contributed by atoms with E-state index >= 15 is 0 Å². The number of benzene rings is 1. The molecular formula is C22H35N3O5. The summed E-state index contributed by atoms with van der Waals surface area (Å²) in [4.78, 5) is 34.3. The minimum absolute atomic E-state index is 0.0123. The second-order valence-electron chi connectivity index (χ2n) is 7.93. The molecule has 1 aliphatic rings. The minimum Gasteiger partial charge on any atom is -0.494 e. The Kier molecular flexibility index (Phi) is 10.3. The summed E-state index contributed by atoms with van der Waals surface area (Å²) in [5.74, 6) is 0.869. The smallest absolute Gasteiger partial charge is 0.290 e. The van der Waals surface area contributed by atoms with Gasteiger partial charge in [-0.1, -0.05) is 12.1 Å². The first-order valence-corrected chi connectivity index (χ1v) is 10.2. The molecule has 2 rings (SSSR count). The van der Waals surface area contributed by atoms with Crippen molar-refractivity contribution < 1.29 is 24.2 Å². The van der Waals surface area contributed by atoms with Gasteiger partial charge in [-0.15, -0.1) is 0 Å². The average Bonchev–Trinajstić information content (AvgIpc) is 3.00. The standard InChI is InChI=1S/C21H33N3O3.CH2O2/c1-6-27-19-11-7-16(8-12-19)21(3,4)23-20(26)13-17-9-10-18(24(17)5)14-22-15(2)25;2-1-3/h7-8,11-12,17-18H,6,9-10,13-14H2,1-5H3,(H,22,25)(H,23,26);1H,(H,2,3)/t17-,18+;/m0./s1. The van der Waals surface area contributed by atoms with Gasteiger partial charge in [-0.05, 0) is 58.4 Å². The molecule has 8 nitrogen and oxygen atoms in total. The lowest BCUT2D eigenvalue weighted by molar-refractivity contribution is -0.124. The number of ether oxygens (including phenoxy) is 1. The molecule has 0 aliphatic carbocycles. The van der Waals surface area contributed by atoms with Crippen LogP contribution in [0.15, 0.2) is 24.3 Å². The fraction of sp³-hybridized carbons (Fsp3) is 0.591. The molecule has 1 fully saturated rings. The Hall–Kier alpha value is -2.61. The molecule has 2 amide bonds. The Balaban J connectivity index is 0.00000141. The third-order valence-corrected chi connectivity index (χ3v) is 5.33. The second kappa shape index (κ2) is 12.2. The molecule has 1 saturated heterocycles. The molecule has 2 atom stereocenters. The van der Waals surface area contributed by atoms with E-state index in [9.17, 15) is 9.59 Å². The second-order valence-corrected chi connectivity index (χ2v) is 7.93.